The Morgan fingerprint density at radius 1 is 1.36 bits per heavy atom. The lowest BCUT2D eigenvalue weighted by molar-refractivity contribution is 0.112. The normalized spacial score (nSPS) is 9.64. The molecule has 0 unspecified atom stereocenters. The van der Waals surface area contributed by atoms with Gasteiger partial charge in [-0.2, -0.15) is 0 Å². The molecule has 0 aromatic heterocycles. The Labute approximate surface area is 73.4 Å². The first-order valence-corrected chi connectivity index (χ1v) is 3.54. The molecule has 0 saturated carbocycles. The van der Waals surface area contributed by atoms with E-state index in [1.165, 1.54) is 12.1 Å². The van der Waals surface area contributed by atoms with Crippen LogP contribution in [0, 0.1) is 0 Å². The number of halogens is 2. The van der Waals surface area contributed by atoms with E-state index < -0.39 is 0 Å². The summed E-state index contributed by atoms with van der Waals surface area (Å²) < 4.78 is 0. The molecular weight excluding hydrogens is 187 g/mol. The van der Waals surface area contributed by atoms with Crippen LogP contribution in [0.25, 0.3) is 0 Å². The average Bonchev–Trinajstić information content (AvgIpc) is 2.01. The lowest BCUT2D eigenvalue weighted by Gasteiger charge is -2.00. The third-order valence-corrected chi connectivity index (χ3v) is 2.02. The highest BCUT2D eigenvalue weighted by Gasteiger charge is 2.07. The summed E-state index contributed by atoms with van der Waals surface area (Å²) in [7, 11) is 0. The van der Waals surface area contributed by atoms with E-state index in [2.05, 4.69) is 0 Å². The van der Waals surface area contributed by atoms with Crippen molar-refractivity contribution in [1.29, 1.82) is 0 Å². The second-order valence-corrected chi connectivity index (χ2v) is 2.70. The molecular formula is C7H4Cl2O2. The van der Waals surface area contributed by atoms with E-state index in [1.54, 1.807) is 0 Å². The van der Waals surface area contributed by atoms with E-state index in [0.29, 0.717) is 6.29 Å². The molecule has 0 atom stereocenters. The van der Waals surface area contributed by atoms with Crippen LogP contribution in [-0.4, -0.2) is 11.4 Å². The van der Waals surface area contributed by atoms with Crippen LogP contribution in [-0.2, 0) is 0 Å². The van der Waals surface area contributed by atoms with Gasteiger partial charge in [-0.1, -0.05) is 23.2 Å². The number of carbonyl (C=O) groups excluding carboxylic acids is 1. The summed E-state index contributed by atoms with van der Waals surface area (Å²) in [5.41, 5.74) is 0.138. The van der Waals surface area contributed by atoms with Gasteiger partial charge in [0.05, 0.1) is 10.6 Å². The highest BCUT2D eigenvalue weighted by molar-refractivity contribution is 6.43. The van der Waals surface area contributed by atoms with Crippen LogP contribution < -0.4 is 0 Å². The van der Waals surface area contributed by atoms with Crippen LogP contribution in [0.5, 0.6) is 5.75 Å². The molecule has 0 fully saturated rings. The van der Waals surface area contributed by atoms with E-state index in [0.717, 1.165) is 0 Å². The van der Waals surface area contributed by atoms with Crippen molar-refractivity contribution in [3.8, 4) is 5.75 Å². The minimum absolute atomic E-state index is 0.0104. The number of rotatable bonds is 1. The zero-order valence-electron chi connectivity index (χ0n) is 5.34. The van der Waals surface area contributed by atoms with E-state index in [4.69, 9.17) is 28.3 Å². The highest BCUT2D eigenvalue weighted by atomic mass is 35.5. The van der Waals surface area contributed by atoms with Gasteiger partial charge in [0.15, 0.2) is 6.29 Å². The highest BCUT2D eigenvalue weighted by Crippen LogP contribution is 2.32. The van der Waals surface area contributed by atoms with Crippen molar-refractivity contribution in [2.24, 2.45) is 0 Å². The van der Waals surface area contributed by atoms with E-state index in [9.17, 15) is 4.79 Å². The number of aldehydes is 1. The van der Waals surface area contributed by atoms with Crippen molar-refractivity contribution in [1.82, 2.24) is 0 Å². The molecule has 1 aromatic rings. The predicted molar refractivity (Wildman–Crippen MR) is 43.5 cm³/mol. The van der Waals surface area contributed by atoms with Crippen molar-refractivity contribution in [3.63, 3.8) is 0 Å². The standard InChI is InChI=1S/C7H4Cl2O2/c8-5-2-1-4(3-10)7(11)6(5)9/h1-3,11H. The van der Waals surface area contributed by atoms with Crippen molar-refractivity contribution in [2.45, 2.75) is 0 Å². The van der Waals surface area contributed by atoms with Crippen LogP contribution in [0.3, 0.4) is 0 Å². The van der Waals surface area contributed by atoms with Gasteiger partial charge in [0.1, 0.15) is 10.8 Å². The van der Waals surface area contributed by atoms with E-state index >= 15 is 0 Å². The number of hydrogen-bond donors (Lipinski definition) is 1. The largest absolute Gasteiger partial charge is 0.506 e. The van der Waals surface area contributed by atoms with Crippen LogP contribution in [0.2, 0.25) is 10.0 Å². The number of hydrogen-bond acceptors (Lipinski definition) is 2. The lowest BCUT2D eigenvalue weighted by atomic mass is 10.2. The van der Waals surface area contributed by atoms with Crippen molar-refractivity contribution >= 4 is 29.5 Å². The van der Waals surface area contributed by atoms with Crippen LogP contribution in [0.1, 0.15) is 10.4 Å². The second-order valence-electron chi connectivity index (χ2n) is 1.92. The Bertz CT molecular complexity index is 297. The van der Waals surface area contributed by atoms with Gasteiger partial charge in [0.2, 0.25) is 0 Å². The van der Waals surface area contributed by atoms with Gasteiger partial charge in [-0.15, -0.1) is 0 Å². The SMILES string of the molecule is O=Cc1ccc(Cl)c(Cl)c1O. The molecule has 0 bridgehead atoms. The third-order valence-electron chi connectivity index (χ3n) is 1.23. The maximum atomic E-state index is 10.2. The average molecular weight is 191 g/mol. The predicted octanol–water partition coefficient (Wildman–Crippen LogP) is 2.51. The van der Waals surface area contributed by atoms with Gasteiger partial charge in [0.25, 0.3) is 0 Å². The fourth-order valence-corrected chi connectivity index (χ4v) is 0.975. The maximum Gasteiger partial charge on any atom is 0.153 e. The van der Waals surface area contributed by atoms with Gasteiger partial charge < -0.3 is 5.11 Å². The first-order chi connectivity index (χ1) is 5.16. The smallest absolute Gasteiger partial charge is 0.153 e. The zero-order chi connectivity index (χ0) is 8.43. The van der Waals surface area contributed by atoms with E-state index in [1.807, 2.05) is 0 Å². The number of aromatic hydroxyl groups is 1. The molecule has 0 saturated heterocycles. The summed E-state index contributed by atoms with van der Waals surface area (Å²) in [4.78, 5) is 10.2. The van der Waals surface area contributed by atoms with E-state index in [-0.39, 0.29) is 21.4 Å². The third kappa shape index (κ3) is 1.47. The Morgan fingerprint density at radius 2 is 2.00 bits per heavy atom. The van der Waals surface area contributed by atoms with Gasteiger partial charge in [-0.3, -0.25) is 4.79 Å². The fourth-order valence-electron chi connectivity index (χ4n) is 0.650. The molecule has 0 amide bonds. The van der Waals surface area contributed by atoms with Crippen molar-refractivity contribution < 1.29 is 9.90 Å². The quantitative estimate of drug-likeness (QED) is 0.692. The van der Waals surface area contributed by atoms with Gasteiger partial charge in [0, 0.05) is 0 Å². The topological polar surface area (TPSA) is 37.3 Å². The molecule has 0 aliphatic carbocycles. The molecule has 0 radical (unpaired) electrons. The van der Waals surface area contributed by atoms with Crippen molar-refractivity contribution in [3.05, 3.63) is 27.7 Å². The second kappa shape index (κ2) is 3.11. The zero-order valence-corrected chi connectivity index (χ0v) is 6.86. The van der Waals surface area contributed by atoms with Crippen LogP contribution >= 0.6 is 23.2 Å². The molecule has 58 valence electrons. The summed E-state index contributed by atoms with van der Waals surface area (Å²) in [5, 5.41) is 9.37. The fraction of sp³-hybridized carbons (Fsp3) is 0. The summed E-state index contributed by atoms with van der Waals surface area (Å²) in [6, 6.07) is 2.85. The molecule has 0 spiro atoms. The monoisotopic (exact) mass is 190 g/mol. The molecule has 0 heterocycles. The number of phenolic OH excluding ortho intramolecular Hbond substituents is 1. The van der Waals surface area contributed by atoms with Gasteiger partial charge in [-0.25, -0.2) is 0 Å². The Hall–Kier alpha value is -0.730. The minimum atomic E-state index is -0.269. The molecule has 11 heavy (non-hydrogen) atoms. The van der Waals surface area contributed by atoms with Crippen LogP contribution in [0.4, 0.5) is 0 Å². The molecule has 1 N–H and O–H groups in total. The molecule has 4 heteroatoms. The van der Waals surface area contributed by atoms with Gasteiger partial charge >= 0.3 is 0 Å². The Balaban J connectivity index is 3.36. The molecule has 0 aliphatic rings. The van der Waals surface area contributed by atoms with Crippen molar-refractivity contribution in [2.75, 3.05) is 0 Å². The molecule has 1 aromatic carbocycles. The van der Waals surface area contributed by atoms with Crippen LogP contribution in [0.15, 0.2) is 12.1 Å². The molecule has 1 rings (SSSR count). The summed E-state index contributed by atoms with van der Waals surface area (Å²) >= 11 is 11.1. The number of carbonyl (C=O) groups is 1. The summed E-state index contributed by atoms with van der Waals surface area (Å²) in [5.74, 6) is -0.269. The lowest BCUT2D eigenvalue weighted by Crippen LogP contribution is -1.81. The maximum absolute atomic E-state index is 10.2. The minimum Gasteiger partial charge on any atom is -0.506 e. The van der Waals surface area contributed by atoms with Gasteiger partial charge in [-0.05, 0) is 12.1 Å². The Morgan fingerprint density at radius 3 is 2.55 bits per heavy atom. The summed E-state index contributed by atoms with van der Waals surface area (Å²) in [6.07, 6.45) is 0.511. The molecule has 2 nitrogen and oxygen atoms in total. The Kier molecular flexibility index (Phi) is 2.37. The first kappa shape index (κ1) is 8.37. The molecule has 0 aliphatic heterocycles. The number of benzene rings is 1. The first-order valence-electron chi connectivity index (χ1n) is 2.79. The summed E-state index contributed by atoms with van der Waals surface area (Å²) in [6.45, 7) is 0. The number of phenols is 1.